The third kappa shape index (κ3) is 2.67. The summed E-state index contributed by atoms with van der Waals surface area (Å²) in [6.07, 6.45) is 0.625. The lowest BCUT2D eigenvalue weighted by atomic mass is 9.88. The smallest absolute Gasteiger partial charge is 0.322 e. The fraction of sp³-hybridized carbons (Fsp3) is 0.429. The number of hydrogen-bond donors (Lipinski definition) is 3. The molecule has 2 aliphatic rings. The van der Waals surface area contributed by atoms with Gasteiger partial charge in [0.25, 0.3) is 5.91 Å². The Morgan fingerprint density at radius 3 is 2.86 bits per heavy atom. The first-order valence-corrected chi connectivity index (χ1v) is 7.33. The van der Waals surface area contributed by atoms with Gasteiger partial charge in [0.05, 0.1) is 10.6 Å². The van der Waals surface area contributed by atoms with Crippen molar-refractivity contribution in [3.63, 3.8) is 0 Å². The summed E-state index contributed by atoms with van der Waals surface area (Å²) in [6, 6.07) is 2.90. The normalized spacial score (nSPS) is 27.5. The van der Waals surface area contributed by atoms with E-state index in [0.29, 0.717) is 13.0 Å². The van der Waals surface area contributed by atoms with Crippen LogP contribution in [0.15, 0.2) is 18.2 Å². The summed E-state index contributed by atoms with van der Waals surface area (Å²) in [5, 5.41) is 9.38. The number of nitrogens with zero attached hydrogens (tertiary/aromatic N) is 1. The standard InChI is InChI=1S/C14H15ClFN3O3/c15-10-2-1-7(16)5-8(10)13(20)19-4-3-11-9(6-19)12(14(21)22)18-17-11/h1-2,5,9,11-12,17-18H,3-4,6H2,(H,21,22). The first-order valence-electron chi connectivity index (χ1n) is 6.95. The van der Waals surface area contributed by atoms with Crippen molar-refractivity contribution in [2.75, 3.05) is 13.1 Å². The number of carbonyl (C=O) groups excluding carboxylic acids is 1. The van der Waals surface area contributed by atoms with Gasteiger partial charge < -0.3 is 10.0 Å². The molecule has 2 aliphatic heterocycles. The van der Waals surface area contributed by atoms with Crippen molar-refractivity contribution in [3.05, 3.63) is 34.6 Å². The molecule has 8 heteroatoms. The summed E-state index contributed by atoms with van der Waals surface area (Å²) in [5.41, 5.74) is 5.80. The molecule has 2 saturated heterocycles. The molecule has 1 aromatic carbocycles. The molecule has 3 rings (SSSR count). The monoisotopic (exact) mass is 327 g/mol. The Morgan fingerprint density at radius 1 is 1.36 bits per heavy atom. The van der Waals surface area contributed by atoms with Gasteiger partial charge >= 0.3 is 5.97 Å². The second kappa shape index (κ2) is 5.83. The topological polar surface area (TPSA) is 81.7 Å². The van der Waals surface area contributed by atoms with Gasteiger partial charge in [0.2, 0.25) is 0 Å². The predicted molar refractivity (Wildman–Crippen MR) is 76.9 cm³/mol. The van der Waals surface area contributed by atoms with Crippen LogP contribution < -0.4 is 10.9 Å². The molecular weight excluding hydrogens is 313 g/mol. The van der Waals surface area contributed by atoms with Gasteiger partial charge in [0, 0.05) is 25.0 Å². The molecule has 0 aromatic heterocycles. The number of carboxylic acid groups (broad SMARTS) is 1. The maximum absolute atomic E-state index is 13.3. The maximum atomic E-state index is 13.3. The molecule has 3 N–H and O–H groups in total. The van der Waals surface area contributed by atoms with Crippen LogP contribution in [0.3, 0.4) is 0 Å². The largest absolute Gasteiger partial charge is 0.480 e. The van der Waals surface area contributed by atoms with E-state index in [9.17, 15) is 19.1 Å². The minimum atomic E-state index is -0.960. The fourth-order valence-corrected chi connectivity index (χ4v) is 3.26. The number of amides is 1. The van der Waals surface area contributed by atoms with Crippen LogP contribution in [0.1, 0.15) is 16.8 Å². The van der Waals surface area contributed by atoms with Crippen LogP contribution in [0.5, 0.6) is 0 Å². The van der Waals surface area contributed by atoms with E-state index in [0.717, 1.165) is 6.07 Å². The number of rotatable bonds is 2. The Morgan fingerprint density at radius 2 is 2.14 bits per heavy atom. The lowest BCUT2D eigenvalue weighted by Crippen LogP contribution is -2.49. The molecule has 0 aliphatic carbocycles. The van der Waals surface area contributed by atoms with Crippen LogP contribution in [0, 0.1) is 11.7 Å². The minimum absolute atomic E-state index is 0.00753. The zero-order valence-electron chi connectivity index (χ0n) is 11.6. The first kappa shape index (κ1) is 15.2. The molecular formula is C14H15ClFN3O3. The molecule has 1 aromatic rings. The Hall–Kier alpha value is -1.70. The molecule has 2 fully saturated rings. The highest BCUT2D eigenvalue weighted by molar-refractivity contribution is 6.33. The number of piperidine rings is 1. The van der Waals surface area contributed by atoms with Crippen molar-refractivity contribution in [1.82, 2.24) is 15.8 Å². The number of carboxylic acids is 1. The van der Waals surface area contributed by atoms with Crippen LogP contribution in [-0.2, 0) is 4.79 Å². The number of hydrogen-bond acceptors (Lipinski definition) is 4. The Kier molecular flexibility index (Phi) is 4.03. The van der Waals surface area contributed by atoms with E-state index in [1.165, 1.54) is 17.0 Å². The quantitative estimate of drug-likeness (QED) is 0.751. The van der Waals surface area contributed by atoms with Crippen molar-refractivity contribution < 1.29 is 19.1 Å². The number of halogens is 2. The highest BCUT2D eigenvalue weighted by Crippen LogP contribution is 2.27. The number of fused-ring (bicyclic) bond motifs is 1. The van der Waals surface area contributed by atoms with Gasteiger partial charge in [-0.3, -0.25) is 15.0 Å². The first-order chi connectivity index (χ1) is 10.5. The number of likely N-dealkylation sites (tertiary alicyclic amines) is 1. The number of carbonyl (C=O) groups is 2. The van der Waals surface area contributed by atoms with Crippen molar-refractivity contribution in [2.45, 2.75) is 18.5 Å². The minimum Gasteiger partial charge on any atom is -0.480 e. The van der Waals surface area contributed by atoms with E-state index in [1.807, 2.05) is 0 Å². The lowest BCUT2D eigenvalue weighted by Gasteiger charge is -2.35. The summed E-state index contributed by atoms with van der Waals surface area (Å²) in [4.78, 5) is 25.3. The van der Waals surface area contributed by atoms with E-state index in [-0.39, 0.29) is 35.0 Å². The van der Waals surface area contributed by atoms with Gasteiger partial charge in [-0.05, 0) is 24.6 Å². The Balaban J connectivity index is 1.79. The molecule has 3 atom stereocenters. The van der Waals surface area contributed by atoms with Crippen LogP contribution in [0.25, 0.3) is 0 Å². The van der Waals surface area contributed by atoms with Gasteiger partial charge in [0.15, 0.2) is 0 Å². The lowest BCUT2D eigenvalue weighted by molar-refractivity contribution is -0.140. The molecule has 0 radical (unpaired) electrons. The van der Waals surface area contributed by atoms with Gasteiger partial charge in [-0.15, -0.1) is 0 Å². The molecule has 1 amide bonds. The summed E-state index contributed by atoms with van der Waals surface area (Å²) in [5.74, 6) is -2.10. The average Bonchev–Trinajstić information content (AvgIpc) is 2.92. The highest BCUT2D eigenvalue weighted by Gasteiger charge is 2.44. The third-order valence-corrected chi connectivity index (χ3v) is 4.55. The molecule has 118 valence electrons. The molecule has 0 bridgehead atoms. The number of nitrogens with one attached hydrogen (secondary N) is 2. The van der Waals surface area contributed by atoms with Gasteiger partial charge in [-0.25, -0.2) is 9.82 Å². The molecule has 0 saturated carbocycles. The van der Waals surface area contributed by atoms with Gasteiger partial charge in [0.1, 0.15) is 11.9 Å². The van der Waals surface area contributed by atoms with Crippen LogP contribution in [0.2, 0.25) is 5.02 Å². The fourth-order valence-electron chi connectivity index (χ4n) is 3.06. The summed E-state index contributed by atoms with van der Waals surface area (Å²) in [7, 11) is 0. The Bertz CT molecular complexity index is 627. The van der Waals surface area contributed by atoms with E-state index in [2.05, 4.69) is 10.9 Å². The van der Waals surface area contributed by atoms with Crippen LogP contribution >= 0.6 is 11.6 Å². The van der Waals surface area contributed by atoms with Crippen molar-refractivity contribution in [3.8, 4) is 0 Å². The highest BCUT2D eigenvalue weighted by atomic mass is 35.5. The molecule has 6 nitrogen and oxygen atoms in total. The molecule has 2 heterocycles. The molecule has 3 unspecified atom stereocenters. The zero-order chi connectivity index (χ0) is 15.9. The second-order valence-electron chi connectivity index (χ2n) is 5.54. The van der Waals surface area contributed by atoms with E-state index >= 15 is 0 Å². The number of hydrazine groups is 1. The number of benzene rings is 1. The number of aliphatic carboxylic acids is 1. The summed E-state index contributed by atoms with van der Waals surface area (Å²) >= 11 is 5.97. The van der Waals surface area contributed by atoms with E-state index in [1.54, 1.807) is 0 Å². The average molecular weight is 328 g/mol. The van der Waals surface area contributed by atoms with Crippen LogP contribution in [-0.4, -0.2) is 47.1 Å². The predicted octanol–water partition coefficient (Wildman–Crippen LogP) is 0.871. The Labute approximate surface area is 131 Å². The van der Waals surface area contributed by atoms with E-state index < -0.39 is 17.8 Å². The van der Waals surface area contributed by atoms with Crippen molar-refractivity contribution in [2.24, 2.45) is 5.92 Å². The zero-order valence-corrected chi connectivity index (χ0v) is 12.3. The SMILES string of the molecule is O=C(O)C1NNC2CCN(C(=O)c3cc(F)ccc3Cl)CC21. The summed E-state index contributed by atoms with van der Waals surface area (Å²) in [6.45, 7) is 0.751. The van der Waals surface area contributed by atoms with E-state index in [4.69, 9.17) is 11.6 Å². The van der Waals surface area contributed by atoms with Crippen molar-refractivity contribution >= 4 is 23.5 Å². The van der Waals surface area contributed by atoms with Gasteiger partial charge in [-0.2, -0.15) is 0 Å². The molecule has 0 spiro atoms. The summed E-state index contributed by atoms with van der Waals surface area (Å²) < 4.78 is 13.3. The van der Waals surface area contributed by atoms with Crippen LogP contribution in [0.4, 0.5) is 4.39 Å². The second-order valence-corrected chi connectivity index (χ2v) is 5.95. The third-order valence-electron chi connectivity index (χ3n) is 4.22. The van der Waals surface area contributed by atoms with Crippen molar-refractivity contribution in [1.29, 1.82) is 0 Å². The van der Waals surface area contributed by atoms with Gasteiger partial charge in [-0.1, -0.05) is 11.6 Å². The maximum Gasteiger partial charge on any atom is 0.322 e. The molecule has 22 heavy (non-hydrogen) atoms.